The number of aliphatic imine (C=N–C) groups is 1. The van der Waals surface area contributed by atoms with E-state index in [9.17, 15) is 0 Å². The first-order valence-electron chi connectivity index (χ1n) is 9.03. The van der Waals surface area contributed by atoms with Gasteiger partial charge in [-0.1, -0.05) is 13.5 Å². The highest BCUT2D eigenvalue weighted by atomic mass is 15.1. The van der Waals surface area contributed by atoms with Crippen molar-refractivity contribution < 1.29 is 0 Å². The van der Waals surface area contributed by atoms with E-state index in [0.29, 0.717) is 11.2 Å². The van der Waals surface area contributed by atoms with E-state index in [0.717, 1.165) is 41.8 Å². The Labute approximate surface area is 156 Å². The summed E-state index contributed by atoms with van der Waals surface area (Å²) < 4.78 is 0. The minimum absolute atomic E-state index is 0.479. The highest BCUT2D eigenvalue weighted by Gasteiger charge is 2.03. The van der Waals surface area contributed by atoms with E-state index in [4.69, 9.17) is 5.73 Å². The van der Waals surface area contributed by atoms with Crippen molar-refractivity contribution in [2.75, 3.05) is 29.0 Å². The molecule has 0 spiro atoms. The van der Waals surface area contributed by atoms with Gasteiger partial charge in [0.15, 0.2) is 0 Å². The molecule has 0 radical (unpaired) electrons. The van der Waals surface area contributed by atoms with Gasteiger partial charge in [0, 0.05) is 35.9 Å². The first-order valence-corrected chi connectivity index (χ1v) is 9.03. The highest BCUT2D eigenvalue weighted by Crippen LogP contribution is 2.18. The van der Waals surface area contributed by atoms with E-state index in [1.54, 1.807) is 6.20 Å². The summed E-state index contributed by atoms with van der Waals surface area (Å²) in [4.78, 5) is 11.0. The number of nitrogens with two attached hydrogens (primary N) is 1. The smallest absolute Gasteiger partial charge is 0.124 e. The van der Waals surface area contributed by atoms with Crippen LogP contribution in [0.5, 0.6) is 0 Å². The Morgan fingerprint density at radius 2 is 2.00 bits per heavy atom. The Morgan fingerprint density at radius 3 is 2.58 bits per heavy atom. The average molecular weight is 351 g/mol. The van der Waals surface area contributed by atoms with E-state index < -0.39 is 0 Å². The van der Waals surface area contributed by atoms with E-state index in [1.807, 2.05) is 19.9 Å². The maximum Gasteiger partial charge on any atom is 0.124 e. The van der Waals surface area contributed by atoms with E-state index in [1.165, 1.54) is 5.69 Å². The number of aryl methyl sites for hydroxylation is 1. The second kappa shape index (κ2) is 9.04. The monoisotopic (exact) mass is 351 g/mol. The Bertz CT molecular complexity index is 869. The molecule has 2 aromatic rings. The van der Waals surface area contributed by atoms with Crippen molar-refractivity contribution >= 4 is 35.8 Å². The zero-order valence-electron chi connectivity index (χ0n) is 16.2. The van der Waals surface area contributed by atoms with Crippen molar-refractivity contribution in [1.82, 2.24) is 4.98 Å². The summed E-state index contributed by atoms with van der Waals surface area (Å²) >= 11 is 0. The molecule has 1 heterocycles. The molecule has 0 amide bonds. The average Bonchev–Trinajstić information content (AvgIpc) is 2.59. The van der Waals surface area contributed by atoms with Gasteiger partial charge in [-0.05, 0) is 63.1 Å². The van der Waals surface area contributed by atoms with Crippen molar-refractivity contribution in [1.29, 1.82) is 0 Å². The number of aromatic nitrogens is 1. The van der Waals surface area contributed by atoms with Crippen LogP contribution in [-0.4, -0.2) is 23.9 Å². The lowest BCUT2D eigenvalue weighted by atomic mass is 10.2. The van der Waals surface area contributed by atoms with Crippen LogP contribution in [0.4, 0.5) is 17.2 Å². The fraction of sp³-hybridized carbons (Fsp3) is 0.333. The lowest BCUT2D eigenvalue weighted by molar-refractivity contribution is 0.792. The Balaban J connectivity index is 2.15. The van der Waals surface area contributed by atoms with Crippen molar-refractivity contribution in [2.24, 2.45) is 4.99 Å². The summed E-state index contributed by atoms with van der Waals surface area (Å²) in [6, 6.07) is 10.3. The zero-order chi connectivity index (χ0) is 19.1. The van der Waals surface area contributed by atoms with Gasteiger partial charge < -0.3 is 16.0 Å². The molecular formula is C21H29N5. The van der Waals surface area contributed by atoms with E-state index in [2.05, 4.69) is 64.9 Å². The van der Waals surface area contributed by atoms with Gasteiger partial charge in [0.2, 0.25) is 0 Å². The predicted molar refractivity (Wildman–Crippen MR) is 114 cm³/mol. The number of nitrogen functional groups attached to an aromatic ring is 1. The Kier molecular flexibility index (Phi) is 6.78. The fourth-order valence-electron chi connectivity index (χ4n) is 2.85. The molecule has 1 aromatic heterocycles. The van der Waals surface area contributed by atoms with Gasteiger partial charge in [0.05, 0.1) is 5.35 Å². The molecule has 0 aliphatic heterocycles. The number of nitrogens with one attached hydrogen (secondary N) is 1. The maximum absolute atomic E-state index is 5.73. The Morgan fingerprint density at radius 1 is 1.31 bits per heavy atom. The molecule has 0 saturated carbocycles. The molecule has 2 rings (SSSR count). The number of rotatable bonds is 6. The van der Waals surface area contributed by atoms with Crippen LogP contribution in [0.15, 0.2) is 35.3 Å². The predicted octanol–water partition coefficient (Wildman–Crippen LogP) is 2.89. The molecule has 3 N–H and O–H groups in total. The lowest BCUT2D eigenvalue weighted by Gasteiger charge is -2.22. The maximum atomic E-state index is 5.73. The molecule has 5 heteroatoms. The van der Waals surface area contributed by atoms with Crippen LogP contribution in [-0.2, 0) is 0 Å². The van der Waals surface area contributed by atoms with Crippen LogP contribution in [0.3, 0.4) is 0 Å². The molecule has 0 saturated heterocycles. The first kappa shape index (κ1) is 19.5. The van der Waals surface area contributed by atoms with E-state index >= 15 is 0 Å². The van der Waals surface area contributed by atoms with Crippen LogP contribution >= 0.6 is 0 Å². The van der Waals surface area contributed by atoms with Gasteiger partial charge >= 0.3 is 0 Å². The first-order chi connectivity index (χ1) is 12.4. The molecule has 138 valence electrons. The standard InChI is InChI=1S/C21H29N5/c1-6-12-26(7-2)19-10-8-18(9-11-19)25-17(5)23-14-20-15(3)13-21(22)24-16(20)4/h8-11,13-14H,4,6-7,12H2,1-3,5H3,(H2,22,24)(H,23,25)/b20-14-. The van der Waals surface area contributed by atoms with Gasteiger partial charge in [0.1, 0.15) is 11.7 Å². The number of benzene rings is 1. The summed E-state index contributed by atoms with van der Waals surface area (Å²) in [6.45, 7) is 14.3. The third kappa shape index (κ3) is 5.09. The van der Waals surface area contributed by atoms with Crippen LogP contribution in [0.2, 0.25) is 0 Å². The molecule has 5 nitrogen and oxygen atoms in total. The largest absolute Gasteiger partial charge is 0.384 e. The number of amidine groups is 1. The number of pyridine rings is 1. The highest BCUT2D eigenvalue weighted by molar-refractivity contribution is 5.95. The molecule has 0 bridgehead atoms. The second-order valence-corrected chi connectivity index (χ2v) is 6.32. The topological polar surface area (TPSA) is 66.5 Å². The molecule has 0 aliphatic rings. The minimum Gasteiger partial charge on any atom is -0.384 e. The Hall–Kier alpha value is -2.82. The number of anilines is 3. The number of hydrogen-bond donors (Lipinski definition) is 2. The van der Waals surface area contributed by atoms with Crippen molar-refractivity contribution in [3.63, 3.8) is 0 Å². The van der Waals surface area contributed by atoms with Crippen LogP contribution < -0.4 is 26.5 Å². The number of hydrogen-bond acceptors (Lipinski definition) is 4. The molecule has 0 unspecified atom stereocenters. The molecule has 0 fully saturated rings. The minimum atomic E-state index is 0.479. The third-order valence-electron chi connectivity index (χ3n) is 4.18. The van der Waals surface area contributed by atoms with Gasteiger partial charge in [-0.3, -0.25) is 0 Å². The SMILES string of the molecule is C=c1nc(N)cc(C)/c1=C/N=C(C)Nc1ccc(N(CC)CCC)cc1. The van der Waals surface area contributed by atoms with Crippen molar-refractivity contribution in [3.05, 3.63) is 46.5 Å². The second-order valence-electron chi connectivity index (χ2n) is 6.32. The molecule has 0 atom stereocenters. The van der Waals surface area contributed by atoms with Crippen LogP contribution in [0.1, 0.15) is 32.8 Å². The number of nitrogens with zero attached hydrogens (tertiary/aromatic N) is 3. The normalized spacial score (nSPS) is 12.3. The van der Waals surface area contributed by atoms with Crippen molar-refractivity contribution in [2.45, 2.75) is 34.1 Å². The zero-order valence-corrected chi connectivity index (χ0v) is 16.2. The molecular weight excluding hydrogens is 322 g/mol. The van der Waals surface area contributed by atoms with Crippen LogP contribution in [0.25, 0.3) is 12.8 Å². The van der Waals surface area contributed by atoms with Crippen LogP contribution in [0, 0.1) is 6.92 Å². The summed E-state index contributed by atoms with van der Waals surface area (Å²) in [6.07, 6.45) is 2.92. The quantitative estimate of drug-likeness (QED) is 0.620. The van der Waals surface area contributed by atoms with Gasteiger partial charge in [-0.25, -0.2) is 9.98 Å². The molecule has 26 heavy (non-hydrogen) atoms. The fourth-order valence-corrected chi connectivity index (χ4v) is 2.85. The van der Waals surface area contributed by atoms with Gasteiger partial charge in [-0.2, -0.15) is 0 Å². The summed E-state index contributed by atoms with van der Waals surface area (Å²) in [7, 11) is 0. The van der Waals surface area contributed by atoms with E-state index in [-0.39, 0.29) is 0 Å². The summed E-state index contributed by atoms with van der Waals surface area (Å²) in [5.74, 6) is 1.28. The van der Waals surface area contributed by atoms with Gasteiger partial charge in [-0.15, -0.1) is 0 Å². The lowest BCUT2D eigenvalue weighted by Crippen LogP contribution is -2.30. The third-order valence-corrected chi connectivity index (χ3v) is 4.18. The molecule has 0 aliphatic carbocycles. The molecule has 1 aromatic carbocycles. The van der Waals surface area contributed by atoms with Crippen molar-refractivity contribution in [3.8, 4) is 0 Å². The summed E-state index contributed by atoms with van der Waals surface area (Å²) in [5.41, 5.74) is 9.00. The summed E-state index contributed by atoms with van der Waals surface area (Å²) in [5, 5.41) is 4.85. The van der Waals surface area contributed by atoms with Gasteiger partial charge in [0.25, 0.3) is 0 Å².